The minimum Gasteiger partial charge on any atom is -0.488 e. The first kappa shape index (κ1) is 10.4. The second kappa shape index (κ2) is 3.75. The zero-order chi connectivity index (χ0) is 12.8. The molecule has 0 unspecified atom stereocenters. The molecule has 0 N–H and O–H groups in total. The van der Waals surface area contributed by atoms with Crippen LogP contribution in [0.4, 0.5) is 0 Å². The van der Waals surface area contributed by atoms with Crippen LogP contribution in [0.25, 0.3) is 0 Å². The molecular weight excluding hydrogens is 244 g/mol. The van der Waals surface area contributed by atoms with E-state index in [9.17, 15) is 4.79 Å². The van der Waals surface area contributed by atoms with Gasteiger partial charge in [0.1, 0.15) is 12.4 Å². The molecule has 4 heteroatoms. The lowest BCUT2D eigenvalue weighted by Crippen LogP contribution is -2.02. The van der Waals surface area contributed by atoms with Gasteiger partial charge in [0.15, 0.2) is 17.3 Å². The minimum atomic E-state index is -0.0404. The van der Waals surface area contributed by atoms with E-state index in [0.717, 1.165) is 5.56 Å². The fourth-order valence-corrected chi connectivity index (χ4v) is 2.39. The SMILES string of the molecule is O=C1c2ccccc2COc2cc3c(cc21)OCO3. The van der Waals surface area contributed by atoms with Crippen molar-refractivity contribution in [1.82, 2.24) is 0 Å². The van der Waals surface area contributed by atoms with Crippen LogP contribution in [0.15, 0.2) is 36.4 Å². The third-order valence-electron chi connectivity index (χ3n) is 3.36. The maximum absolute atomic E-state index is 12.6. The number of ether oxygens (including phenoxy) is 3. The molecule has 0 aliphatic carbocycles. The maximum atomic E-state index is 12.6. The second-order valence-corrected chi connectivity index (χ2v) is 4.48. The zero-order valence-corrected chi connectivity index (χ0v) is 10.0. The quantitative estimate of drug-likeness (QED) is 0.724. The van der Waals surface area contributed by atoms with Crippen LogP contribution in [0.1, 0.15) is 21.5 Å². The van der Waals surface area contributed by atoms with E-state index >= 15 is 0 Å². The fraction of sp³-hybridized carbons (Fsp3) is 0.133. The number of benzene rings is 2. The van der Waals surface area contributed by atoms with Crippen LogP contribution in [-0.2, 0) is 6.61 Å². The Bertz CT molecular complexity index is 691. The van der Waals surface area contributed by atoms with Crippen molar-refractivity contribution in [2.75, 3.05) is 6.79 Å². The van der Waals surface area contributed by atoms with Crippen LogP contribution in [0.3, 0.4) is 0 Å². The number of hydrogen-bond donors (Lipinski definition) is 0. The van der Waals surface area contributed by atoms with E-state index in [2.05, 4.69) is 0 Å². The van der Waals surface area contributed by atoms with E-state index < -0.39 is 0 Å². The summed E-state index contributed by atoms with van der Waals surface area (Å²) in [6, 6.07) is 10.9. The maximum Gasteiger partial charge on any atom is 0.231 e. The Morgan fingerprint density at radius 3 is 2.53 bits per heavy atom. The van der Waals surface area contributed by atoms with E-state index in [1.807, 2.05) is 24.3 Å². The summed E-state index contributed by atoms with van der Waals surface area (Å²) in [6.07, 6.45) is 0. The molecule has 2 aliphatic heterocycles. The van der Waals surface area contributed by atoms with E-state index in [1.165, 1.54) is 0 Å². The van der Waals surface area contributed by atoms with Crippen LogP contribution >= 0.6 is 0 Å². The van der Waals surface area contributed by atoms with E-state index in [0.29, 0.717) is 35.0 Å². The molecule has 4 rings (SSSR count). The van der Waals surface area contributed by atoms with Gasteiger partial charge in [-0.3, -0.25) is 4.79 Å². The third-order valence-corrected chi connectivity index (χ3v) is 3.36. The van der Waals surface area contributed by atoms with Gasteiger partial charge >= 0.3 is 0 Å². The monoisotopic (exact) mass is 254 g/mol. The van der Waals surface area contributed by atoms with Gasteiger partial charge in [0.25, 0.3) is 0 Å². The molecule has 0 atom stereocenters. The zero-order valence-electron chi connectivity index (χ0n) is 10.0. The molecular formula is C15H10O4. The van der Waals surface area contributed by atoms with Crippen LogP contribution in [-0.4, -0.2) is 12.6 Å². The van der Waals surface area contributed by atoms with E-state index in [1.54, 1.807) is 12.1 Å². The average Bonchev–Trinajstić information content (AvgIpc) is 2.85. The Labute approximate surface area is 109 Å². The topological polar surface area (TPSA) is 44.8 Å². The molecule has 4 nitrogen and oxygen atoms in total. The van der Waals surface area contributed by atoms with E-state index in [4.69, 9.17) is 14.2 Å². The summed E-state index contributed by atoms with van der Waals surface area (Å²) in [6.45, 7) is 0.567. The first-order valence-electron chi connectivity index (χ1n) is 6.02. The van der Waals surface area contributed by atoms with Crippen molar-refractivity contribution < 1.29 is 19.0 Å². The molecule has 0 radical (unpaired) electrons. The summed E-state index contributed by atoms with van der Waals surface area (Å²) < 4.78 is 16.3. The molecule has 0 saturated heterocycles. The van der Waals surface area contributed by atoms with Gasteiger partial charge in [-0.25, -0.2) is 0 Å². The number of rotatable bonds is 0. The number of carbonyl (C=O) groups excluding carboxylic acids is 1. The number of hydrogen-bond acceptors (Lipinski definition) is 4. The molecule has 0 saturated carbocycles. The summed E-state index contributed by atoms with van der Waals surface area (Å²) in [7, 11) is 0. The minimum absolute atomic E-state index is 0.0404. The normalized spacial score (nSPS) is 15.3. The van der Waals surface area contributed by atoms with Gasteiger partial charge in [0.05, 0.1) is 5.56 Å². The predicted octanol–water partition coefficient (Wildman–Crippen LogP) is 2.54. The van der Waals surface area contributed by atoms with Crippen molar-refractivity contribution in [3.63, 3.8) is 0 Å². The lowest BCUT2D eigenvalue weighted by Gasteiger charge is -2.07. The van der Waals surface area contributed by atoms with Gasteiger partial charge in [-0.2, -0.15) is 0 Å². The Morgan fingerprint density at radius 1 is 0.842 bits per heavy atom. The van der Waals surface area contributed by atoms with Crippen molar-refractivity contribution in [2.45, 2.75) is 6.61 Å². The van der Waals surface area contributed by atoms with E-state index in [-0.39, 0.29) is 12.6 Å². The lowest BCUT2D eigenvalue weighted by molar-refractivity contribution is 0.103. The van der Waals surface area contributed by atoms with Gasteiger partial charge in [0.2, 0.25) is 6.79 Å². The van der Waals surface area contributed by atoms with Crippen LogP contribution in [0, 0.1) is 0 Å². The first-order valence-corrected chi connectivity index (χ1v) is 6.02. The van der Waals surface area contributed by atoms with Gasteiger partial charge in [-0.05, 0) is 6.07 Å². The van der Waals surface area contributed by atoms with Gasteiger partial charge in [-0.15, -0.1) is 0 Å². The Kier molecular flexibility index (Phi) is 2.06. The summed E-state index contributed by atoms with van der Waals surface area (Å²) in [5.41, 5.74) is 2.10. The van der Waals surface area contributed by atoms with Gasteiger partial charge in [-0.1, -0.05) is 24.3 Å². The Hall–Kier alpha value is -2.49. The van der Waals surface area contributed by atoms with Crippen molar-refractivity contribution in [3.8, 4) is 17.2 Å². The Balaban J connectivity index is 1.92. The second-order valence-electron chi connectivity index (χ2n) is 4.48. The van der Waals surface area contributed by atoms with Crippen molar-refractivity contribution in [1.29, 1.82) is 0 Å². The standard InChI is InChI=1S/C15H10O4/c16-15-10-4-2-1-3-9(10)7-17-12-6-14-13(5-11(12)15)18-8-19-14/h1-6H,7-8H2. The molecule has 2 aliphatic rings. The molecule has 0 fully saturated rings. The number of carbonyl (C=O) groups is 1. The van der Waals surface area contributed by atoms with Crippen molar-refractivity contribution in [2.24, 2.45) is 0 Å². The van der Waals surface area contributed by atoms with Crippen LogP contribution < -0.4 is 14.2 Å². The summed E-state index contributed by atoms with van der Waals surface area (Å²) in [4.78, 5) is 12.6. The molecule has 0 aromatic heterocycles. The predicted molar refractivity (Wildman–Crippen MR) is 66.8 cm³/mol. The summed E-state index contributed by atoms with van der Waals surface area (Å²) in [5.74, 6) is 1.72. The third kappa shape index (κ3) is 1.50. The van der Waals surface area contributed by atoms with Crippen molar-refractivity contribution in [3.05, 3.63) is 53.1 Å². The number of fused-ring (bicyclic) bond motifs is 3. The summed E-state index contributed by atoms with van der Waals surface area (Å²) >= 11 is 0. The number of ketones is 1. The Morgan fingerprint density at radius 2 is 1.63 bits per heavy atom. The van der Waals surface area contributed by atoms with Gasteiger partial charge in [0, 0.05) is 17.2 Å². The molecule has 0 bridgehead atoms. The largest absolute Gasteiger partial charge is 0.488 e. The average molecular weight is 254 g/mol. The highest BCUT2D eigenvalue weighted by molar-refractivity contribution is 6.12. The fourth-order valence-electron chi connectivity index (χ4n) is 2.39. The smallest absolute Gasteiger partial charge is 0.231 e. The molecule has 2 aromatic carbocycles. The molecule has 94 valence electrons. The highest BCUT2D eigenvalue weighted by atomic mass is 16.7. The molecule has 19 heavy (non-hydrogen) atoms. The summed E-state index contributed by atoms with van der Waals surface area (Å²) in [5, 5.41) is 0. The van der Waals surface area contributed by atoms with Crippen molar-refractivity contribution >= 4 is 5.78 Å². The first-order chi connectivity index (χ1) is 9.33. The molecule has 2 heterocycles. The molecule has 0 amide bonds. The van der Waals surface area contributed by atoms with Crippen LogP contribution in [0.2, 0.25) is 0 Å². The highest BCUT2D eigenvalue weighted by Crippen LogP contribution is 2.40. The van der Waals surface area contributed by atoms with Gasteiger partial charge < -0.3 is 14.2 Å². The molecule has 0 spiro atoms. The highest BCUT2D eigenvalue weighted by Gasteiger charge is 2.26. The van der Waals surface area contributed by atoms with Crippen LogP contribution in [0.5, 0.6) is 17.2 Å². The molecule has 2 aromatic rings. The lowest BCUT2D eigenvalue weighted by atomic mass is 9.99.